The first-order chi connectivity index (χ1) is 11.7. The van der Waals surface area contributed by atoms with Crippen LogP contribution in [0.2, 0.25) is 0 Å². The molecule has 134 valence electrons. The van der Waals surface area contributed by atoms with E-state index in [4.69, 9.17) is 0 Å². The third-order valence-corrected chi connectivity index (χ3v) is 4.87. The van der Waals surface area contributed by atoms with Gasteiger partial charge in [0.15, 0.2) is 5.96 Å². The Kier molecular flexibility index (Phi) is 7.24. The number of aromatic amines is 1. The molecule has 0 aliphatic heterocycles. The second-order valence-corrected chi connectivity index (χ2v) is 6.99. The molecule has 0 atom stereocenters. The zero-order valence-electron chi connectivity index (χ0n) is 14.2. The van der Waals surface area contributed by atoms with Crippen LogP contribution in [0, 0.1) is 12.7 Å². The molecule has 0 aliphatic carbocycles. The molecule has 2 aromatic heterocycles. The minimum absolute atomic E-state index is 0. The predicted octanol–water partition coefficient (Wildman–Crippen LogP) is 4.20. The number of aliphatic imine (C=N–C) groups is 1. The van der Waals surface area contributed by atoms with Gasteiger partial charge in [-0.15, -0.1) is 35.3 Å². The number of nitrogens with one attached hydrogen (secondary N) is 3. The van der Waals surface area contributed by atoms with Crippen LogP contribution in [-0.4, -0.2) is 24.5 Å². The van der Waals surface area contributed by atoms with Crippen LogP contribution in [0.1, 0.15) is 15.3 Å². The van der Waals surface area contributed by atoms with E-state index in [0.29, 0.717) is 0 Å². The molecule has 0 unspecified atom stereocenters. The van der Waals surface area contributed by atoms with Crippen LogP contribution in [-0.2, 0) is 13.0 Å². The number of hydrogen-bond acceptors (Lipinski definition) is 2. The average molecular weight is 472 g/mol. The van der Waals surface area contributed by atoms with E-state index in [1.807, 2.05) is 6.20 Å². The van der Waals surface area contributed by atoms with E-state index in [2.05, 4.69) is 39.7 Å². The third-order valence-electron chi connectivity index (χ3n) is 3.87. The summed E-state index contributed by atoms with van der Waals surface area (Å²) in [5, 5.41) is 7.55. The van der Waals surface area contributed by atoms with Crippen molar-refractivity contribution in [3.8, 4) is 0 Å². The fraction of sp³-hybridized carbons (Fsp3) is 0.278. The van der Waals surface area contributed by atoms with Crippen LogP contribution in [0.5, 0.6) is 0 Å². The van der Waals surface area contributed by atoms with Crippen LogP contribution in [0.25, 0.3) is 10.9 Å². The summed E-state index contributed by atoms with van der Waals surface area (Å²) in [6.07, 6.45) is 2.73. The molecule has 3 rings (SSSR count). The standard InChI is InChI=1S/C18H21FN4S.HI/c1-12-3-5-15(24-12)11-23-18(20-2)21-8-7-13-10-22-17-6-4-14(19)9-16(13)17;/h3-6,9-10,22H,7-8,11H2,1-2H3,(H2,20,21,23);1H. The summed E-state index contributed by atoms with van der Waals surface area (Å²) in [7, 11) is 1.76. The second-order valence-electron chi connectivity index (χ2n) is 5.62. The monoisotopic (exact) mass is 472 g/mol. The average Bonchev–Trinajstić information content (AvgIpc) is 3.17. The zero-order chi connectivity index (χ0) is 16.9. The number of aromatic nitrogens is 1. The van der Waals surface area contributed by atoms with E-state index in [9.17, 15) is 4.39 Å². The molecular formula is C18H22FIN4S. The maximum atomic E-state index is 13.4. The molecule has 3 aromatic rings. The number of halogens is 2. The molecule has 0 saturated heterocycles. The number of aryl methyl sites for hydroxylation is 1. The van der Waals surface area contributed by atoms with Crippen molar-refractivity contribution >= 4 is 52.2 Å². The van der Waals surface area contributed by atoms with Gasteiger partial charge in [-0.3, -0.25) is 4.99 Å². The summed E-state index contributed by atoms with van der Waals surface area (Å²) < 4.78 is 13.4. The summed E-state index contributed by atoms with van der Waals surface area (Å²) in [6, 6.07) is 9.06. The molecule has 0 radical (unpaired) electrons. The molecule has 2 heterocycles. The molecule has 25 heavy (non-hydrogen) atoms. The van der Waals surface area contributed by atoms with Gasteiger partial charge in [0.1, 0.15) is 5.82 Å². The number of fused-ring (bicyclic) bond motifs is 1. The van der Waals surface area contributed by atoms with E-state index in [1.54, 1.807) is 30.5 Å². The highest BCUT2D eigenvalue weighted by atomic mass is 127. The van der Waals surface area contributed by atoms with E-state index < -0.39 is 0 Å². The third kappa shape index (κ3) is 5.18. The van der Waals surface area contributed by atoms with Crippen LogP contribution < -0.4 is 10.6 Å². The summed E-state index contributed by atoms with van der Waals surface area (Å²) in [5.74, 6) is 0.562. The number of hydrogen-bond donors (Lipinski definition) is 3. The van der Waals surface area contributed by atoms with Gasteiger partial charge in [0, 0.05) is 40.4 Å². The molecule has 4 nitrogen and oxygen atoms in total. The lowest BCUT2D eigenvalue weighted by Gasteiger charge is -2.11. The first-order valence-corrected chi connectivity index (χ1v) is 8.72. The maximum Gasteiger partial charge on any atom is 0.191 e. The lowest BCUT2D eigenvalue weighted by atomic mass is 10.1. The van der Waals surface area contributed by atoms with E-state index in [1.165, 1.54) is 15.8 Å². The Balaban J connectivity index is 0.00000225. The number of guanidine groups is 1. The van der Waals surface area contributed by atoms with E-state index in [0.717, 1.165) is 41.9 Å². The molecule has 0 amide bonds. The molecule has 0 saturated carbocycles. The molecular weight excluding hydrogens is 450 g/mol. The van der Waals surface area contributed by atoms with Gasteiger partial charge in [-0.25, -0.2) is 4.39 Å². The van der Waals surface area contributed by atoms with Gasteiger partial charge in [-0.2, -0.15) is 0 Å². The fourth-order valence-corrected chi connectivity index (χ4v) is 3.47. The van der Waals surface area contributed by atoms with Gasteiger partial charge in [-0.05, 0) is 49.2 Å². The van der Waals surface area contributed by atoms with Crippen molar-refractivity contribution in [3.05, 3.63) is 57.7 Å². The van der Waals surface area contributed by atoms with Crippen molar-refractivity contribution in [1.82, 2.24) is 15.6 Å². The van der Waals surface area contributed by atoms with Gasteiger partial charge in [0.05, 0.1) is 6.54 Å². The quantitative estimate of drug-likeness (QED) is 0.296. The fourth-order valence-electron chi connectivity index (χ4n) is 2.64. The molecule has 0 spiro atoms. The number of nitrogens with zero attached hydrogens (tertiary/aromatic N) is 1. The first kappa shape index (κ1) is 19.7. The highest BCUT2D eigenvalue weighted by Gasteiger charge is 2.06. The van der Waals surface area contributed by atoms with Crippen molar-refractivity contribution in [3.63, 3.8) is 0 Å². The Hall–Kier alpha value is -1.61. The number of H-pyrrole nitrogens is 1. The van der Waals surface area contributed by atoms with Crippen molar-refractivity contribution in [1.29, 1.82) is 0 Å². The first-order valence-electron chi connectivity index (χ1n) is 7.91. The molecule has 1 aromatic carbocycles. The molecule has 0 fully saturated rings. The largest absolute Gasteiger partial charge is 0.361 e. The SMILES string of the molecule is CN=C(NCCc1c[nH]c2ccc(F)cc12)NCc1ccc(C)s1.I. The highest BCUT2D eigenvalue weighted by Crippen LogP contribution is 2.19. The topological polar surface area (TPSA) is 52.2 Å². The van der Waals surface area contributed by atoms with Crippen molar-refractivity contribution in [2.75, 3.05) is 13.6 Å². The maximum absolute atomic E-state index is 13.4. The lowest BCUT2D eigenvalue weighted by Crippen LogP contribution is -2.37. The van der Waals surface area contributed by atoms with Crippen LogP contribution in [0.3, 0.4) is 0 Å². The van der Waals surface area contributed by atoms with Crippen molar-refractivity contribution < 1.29 is 4.39 Å². The molecule has 3 N–H and O–H groups in total. The smallest absolute Gasteiger partial charge is 0.191 e. The molecule has 7 heteroatoms. The Morgan fingerprint density at radius 2 is 2.08 bits per heavy atom. The Morgan fingerprint density at radius 1 is 1.24 bits per heavy atom. The Labute approximate surface area is 168 Å². The zero-order valence-corrected chi connectivity index (χ0v) is 17.4. The van der Waals surface area contributed by atoms with Crippen molar-refractivity contribution in [2.45, 2.75) is 19.9 Å². The second kappa shape index (κ2) is 9.19. The van der Waals surface area contributed by atoms with Crippen LogP contribution in [0.4, 0.5) is 4.39 Å². The lowest BCUT2D eigenvalue weighted by molar-refractivity contribution is 0.629. The normalized spacial score (nSPS) is 11.4. The number of thiophene rings is 1. The Bertz CT molecular complexity index is 856. The van der Waals surface area contributed by atoms with Crippen LogP contribution >= 0.6 is 35.3 Å². The van der Waals surface area contributed by atoms with Crippen LogP contribution in [0.15, 0.2) is 41.5 Å². The van der Waals surface area contributed by atoms with E-state index >= 15 is 0 Å². The summed E-state index contributed by atoms with van der Waals surface area (Å²) in [6.45, 7) is 3.59. The summed E-state index contributed by atoms with van der Waals surface area (Å²) in [4.78, 5) is 10.0. The van der Waals surface area contributed by atoms with Gasteiger partial charge < -0.3 is 15.6 Å². The van der Waals surface area contributed by atoms with Gasteiger partial charge in [0.2, 0.25) is 0 Å². The van der Waals surface area contributed by atoms with Crippen molar-refractivity contribution in [2.24, 2.45) is 4.99 Å². The molecule has 0 bridgehead atoms. The minimum Gasteiger partial charge on any atom is -0.361 e. The Morgan fingerprint density at radius 3 is 2.80 bits per heavy atom. The number of rotatable bonds is 5. The summed E-state index contributed by atoms with van der Waals surface area (Å²) in [5.41, 5.74) is 2.06. The predicted molar refractivity (Wildman–Crippen MR) is 115 cm³/mol. The molecule has 0 aliphatic rings. The van der Waals surface area contributed by atoms with Gasteiger partial charge >= 0.3 is 0 Å². The van der Waals surface area contributed by atoms with Gasteiger partial charge in [-0.1, -0.05) is 0 Å². The summed E-state index contributed by atoms with van der Waals surface area (Å²) >= 11 is 1.78. The van der Waals surface area contributed by atoms with E-state index in [-0.39, 0.29) is 29.8 Å². The number of benzene rings is 1. The highest BCUT2D eigenvalue weighted by molar-refractivity contribution is 14.0. The minimum atomic E-state index is -0.208. The van der Waals surface area contributed by atoms with Gasteiger partial charge in [0.25, 0.3) is 0 Å².